The van der Waals surface area contributed by atoms with Crippen LogP contribution in [0.4, 0.5) is 0 Å². The molecule has 0 bridgehead atoms. The molecule has 0 amide bonds. The molecule has 0 aliphatic heterocycles. The Bertz CT molecular complexity index is 887. The normalized spacial score (nSPS) is 11.4. The fourth-order valence-electron chi connectivity index (χ4n) is 2.23. The number of aryl methyl sites for hydroxylation is 2. The van der Waals surface area contributed by atoms with Crippen molar-refractivity contribution in [3.63, 3.8) is 0 Å². The summed E-state index contributed by atoms with van der Waals surface area (Å²) in [6.07, 6.45) is 1.69. The Kier molecular flexibility index (Phi) is 6.09. The molecule has 0 unspecified atom stereocenters. The first-order chi connectivity index (χ1) is 13.1. The Morgan fingerprint density at radius 1 is 1.11 bits per heavy atom. The van der Waals surface area contributed by atoms with Crippen LogP contribution in [0.1, 0.15) is 36.4 Å². The zero-order valence-corrected chi connectivity index (χ0v) is 15.7. The maximum Gasteiger partial charge on any atom is 0.213 e. The van der Waals surface area contributed by atoms with Gasteiger partial charge in [0.05, 0.1) is 12.3 Å². The molecule has 0 radical (unpaired) electrons. The molecule has 0 saturated carbocycles. The summed E-state index contributed by atoms with van der Waals surface area (Å²) in [5.74, 6) is 1.00. The Morgan fingerprint density at radius 2 is 1.93 bits per heavy atom. The second kappa shape index (κ2) is 8.88. The third kappa shape index (κ3) is 5.34. The highest BCUT2D eigenvalue weighted by Gasteiger charge is 2.05. The second-order valence-corrected chi connectivity index (χ2v) is 6.00. The molecule has 2 heterocycles. The van der Waals surface area contributed by atoms with Crippen LogP contribution >= 0.6 is 0 Å². The highest BCUT2D eigenvalue weighted by molar-refractivity contribution is 5.98. The number of rotatable bonds is 8. The summed E-state index contributed by atoms with van der Waals surface area (Å²) in [6, 6.07) is 11.8. The Labute approximate surface area is 157 Å². The lowest BCUT2D eigenvalue weighted by Gasteiger charge is -2.05. The van der Waals surface area contributed by atoms with Gasteiger partial charge in [0.1, 0.15) is 6.61 Å². The van der Waals surface area contributed by atoms with Crippen LogP contribution in [0, 0.1) is 6.92 Å². The fraction of sp³-hybridized carbons (Fsp3) is 0.316. The van der Waals surface area contributed by atoms with Crippen LogP contribution in [0.2, 0.25) is 0 Å². The van der Waals surface area contributed by atoms with Gasteiger partial charge in [-0.2, -0.15) is 4.80 Å². The number of benzene rings is 1. The van der Waals surface area contributed by atoms with Gasteiger partial charge in [-0.3, -0.25) is 0 Å². The SMILES string of the molecule is CCn1nnc(COc2ccc(/C(C)=N/OCc3ccc(C)cc3)cn2)n1. The maximum absolute atomic E-state index is 5.57. The van der Waals surface area contributed by atoms with Crippen LogP contribution in [0.3, 0.4) is 0 Å². The quantitative estimate of drug-likeness (QED) is 0.450. The van der Waals surface area contributed by atoms with Gasteiger partial charge in [0.2, 0.25) is 11.7 Å². The molecule has 0 N–H and O–H groups in total. The molecule has 1 aromatic carbocycles. The smallest absolute Gasteiger partial charge is 0.213 e. The molecule has 0 aliphatic carbocycles. The molecule has 140 valence electrons. The lowest BCUT2D eigenvalue weighted by molar-refractivity contribution is 0.130. The van der Waals surface area contributed by atoms with Crippen LogP contribution < -0.4 is 4.74 Å². The van der Waals surface area contributed by atoms with E-state index in [-0.39, 0.29) is 6.61 Å². The summed E-state index contributed by atoms with van der Waals surface area (Å²) in [5, 5.41) is 16.1. The lowest BCUT2D eigenvalue weighted by atomic mass is 10.2. The summed E-state index contributed by atoms with van der Waals surface area (Å²) in [6.45, 7) is 7.19. The van der Waals surface area contributed by atoms with Gasteiger partial charge in [-0.15, -0.1) is 10.2 Å². The minimum Gasteiger partial charge on any atom is -0.469 e. The van der Waals surface area contributed by atoms with E-state index in [2.05, 4.69) is 44.6 Å². The van der Waals surface area contributed by atoms with Crippen molar-refractivity contribution in [1.82, 2.24) is 25.2 Å². The molecule has 3 aromatic rings. The van der Waals surface area contributed by atoms with E-state index in [1.807, 2.05) is 32.0 Å². The van der Waals surface area contributed by atoms with E-state index in [4.69, 9.17) is 9.57 Å². The molecule has 0 atom stereocenters. The molecule has 0 fully saturated rings. The number of hydrogen-bond acceptors (Lipinski definition) is 7. The minimum atomic E-state index is 0.221. The number of aromatic nitrogens is 5. The number of nitrogens with zero attached hydrogens (tertiary/aromatic N) is 6. The molecule has 0 aliphatic rings. The summed E-state index contributed by atoms with van der Waals surface area (Å²) < 4.78 is 5.57. The van der Waals surface area contributed by atoms with E-state index >= 15 is 0 Å². The summed E-state index contributed by atoms with van der Waals surface area (Å²) in [4.78, 5) is 11.2. The van der Waals surface area contributed by atoms with Crippen molar-refractivity contribution < 1.29 is 9.57 Å². The maximum atomic E-state index is 5.57. The molecule has 8 nitrogen and oxygen atoms in total. The third-order valence-corrected chi connectivity index (χ3v) is 3.83. The van der Waals surface area contributed by atoms with Crippen LogP contribution in [0.25, 0.3) is 0 Å². The van der Waals surface area contributed by atoms with E-state index < -0.39 is 0 Å². The zero-order chi connectivity index (χ0) is 19.1. The Hall–Kier alpha value is -3.29. The van der Waals surface area contributed by atoms with Crippen molar-refractivity contribution in [2.75, 3.05) is 0 Å². The largest absolute Gasteiger partial charge is 0.469 e. The van der Waals surface area contributed by atoms with Gasteiger partial charge in [-0.25, -0.2) is 4.98 Å². The number of pyridine rings is 1. The van der Waals surface area contributed by atoms with Gasteiger partial charge in [0.25, 0.3) is 0 Å². The monoisotopic (exact) mass is 366 g/mol. The number of hydrogen-bond donors (Lipinski definition) is 0. The summed E-state index contributed by atoms with van der Waals surface area (Å²) in [5.41, 5.74) is 3.90. The first-order valence-corrected chi connectivity index (χ1v) is 8.72. The van der Waals surface area contributed by atoms with Gasteiger partial charge in [-0.1, -0.05) is 35.0 Å². The van der Waals surface area contributed by atoms with Crippen LogP contribution in [-0.2, 0) is 24.6 Å². The third-order valence-electron chi connectivity index (χ3n) is 3.83. The van der Waals surface area contributed by atoms with Gasteiger partial charge in [0, 0.05) is 17.8 Å². The van der Waals surface area contributed by atoms with Gasteiger partial charge < -0.3 is 9.57 Å². The van der Waals surface area contributed by atoms with E-state index in [1.165, 1.54) is 10.4 Å². The number of ether oxygens (including phenoxy) is 1. The molecule has 0 spiro atoms. The van der Waals surface area contributed by atoms with Crippen LogP contribution in [0.15, 0.2) is 47.8 Å². The van der Waals surface area contributed by atoms with E-state index in [9.17, 15) is 0 Å². The molecule has 27 heavy (non-hydrogen) atoms. The highest BCUT2D eigenvalue weighted by Crippen LogP contribution is 2.11. The zero-order valence-electron chi connectivity index (χ0n) is 15.7. The fourth-order valence-corrected chi connectivity index (χ4v) is 2.23. The van der Waals surface area contributed by atoms with Crippen LogP contribution in [-0.4, -0.2) is 30.9 Å². The van der Waals surface area contributed by atoms with Crippen molar-refractivity contribution in [2.45, 2.75) is 40.5 Å². The first kappa shape index (κ1) is 18.5. The van der Waals surface area contributed by atoms with Crippen molar-refractivity contribution >= 4 is 5.71 Å². The lowest BCUT2D eigenvalue weighted by Crippen LogP contribution is -2.03. The molecule has 3 rings (SSSR count). The standard InChI is InChI=1S/C19H22N6O2/c1-4-25-22-18(21-24-25)13-26-19-10-9-17(11-20-19)15(3)23-27-12-16-7-5-14(2)6-8-16/h5-11H,4,12-13H2,1-3H3/b23-15+. The molecule has 2 aromatic heterocycles. The number of oxime groups is 1. The molecular weight excluding hydrogens is 344 g/mol. The van der Waals surface area contributed by atoms with Crippen molar-refractivity contribution in [1.29, 1.82) is 0 Å². The van der Waals surface area contributed by atoms with Crippen molar-refractivity contribution in [2.24, 2.45) is 5.16 Å². The van der Waals surface area contributed by atoms with Gasteiger partial charge in [-0.05, 0) is 37.6 Å². The predicted octanol–water partition coefficient (Wildman–Crippen LogP) is 2.92. The van der Waals surface area contributed by atoms with Gasteiger partial charge >= 0.3 is 0 Å². The molecular formula is C19H22N6O2. The number of tetrazole rings is 1. The van der Waals surface area contributed by atoms with E-state index in [0.29, 0.717) is 24.9 Å². The molecule has 0 saturated heterocycles. The highest BCUT2D eigenvalue weighted by atomic mass is 16.6. The van der Waals surface area contributed by atoms with Crippen LogP contribution in [0.5, 0.6) is 5.88 Å². The predicted molar refractivity (Wildman–Crippen MR) is 100 cm³/mol. The van der Waals surface area contributed by atoms with Crippen molar-refractivity contribution in [3.8, 4) is 5.88 Å². The Balaban J connectivity index is 1.51. The summed E-state index contributed by atoms with van der Waals surface area (Å²) in [7, 11) is 0. The first-order valence-electron chi connectivity index (χ1n) is 8.72. The second-order valence-electron chi connectivity index (χ2n) is 6.00. The van der Waals surface area contributed by atoms with E-state index in [0.717, 1.165) is 16.8 Å². The average Bonchev–Trinajstić information content (AvgIpc) is 3.16. The Morgan fingerprint density at radius 3 is 2.59 bits per heavy atom. The molecule has 8 heteroatoms. The average molecular weight is 366 g/mol. The van der Waals surface area contributed by atoms with Crippen molar-refractivity contribution in [3.05, 3.63) is 65.1 Å². The minimum absolute atomic E-state index is 0.221. The summed E-state index contributed by atoms with van der Waals surface area (Å²) >= 11 is 0. The topological polar surface area (TPSA) is 87.3 Å². The van der Waals surface area contributed by atoms with Gasteiger partial charge in [0.15, 0.2) is 6.61 Å². The van der Waals surface area contributed by atoms with E-state index in [1.54, 1.807) is 12.3 Å².